The van der Waals surface area contributed by atoms with E-state index in [-0.39, 0.29) is 11.3 Å². The minimum atomic E-state index is 0.124. The molecule has 0 amide bonds. The topological polar surface area (TPSA) is 76.2 Å². The van der Waals surface area contributed by atoms with Crippen LogP contribution in [0.1, 0.15) is 6.92 Å². The van der Waals surface area contributed by atoms with Crippen molar-refractivity contribution >= 4 is 28.5 Å². The quantitative estimate of drug-likeness (QED) is 0.781. The zero-order chi connectivity index (χ0) is 14.5. The van der Waals surface area contributed by atoms with Gasteiger partial charge in [-0.05, 0) is 18.5 Å². The molecule has 2 heterocycles. The summed E-state index contributed by atoms with van der Waals surface area (Å²) >= 11 is 5.98. The molecule has 0 bridgehead atoms. The molecule has 0 saturated carbocycles. The summed E-state index contributed by atoms with van der Waals surface area (Å²) in [6.45, 7) is 3.88. The van der Waals surface area contributed by atoms with Gasteiger partial charge in [0.15, 0.2) is 5.65 Å². The maximum atomic E-state index is 5.98. The van der Waals surface area contributed by atoms with Crippen molar-refractivity contribution in [2.45, 2.75) is 13.0 Å². The van der Waals surface area contributed by atoms with Crippen molar-refractivity contribution in [3.8, 4) is 0 Å². The van der Waals surface area contributed by atoms with E-state index in [1.165, 1.54) is 0 Å². The van der Waals surface area contributed by atoms with Gasteiger partial charge >= 0.3 is 0 Å². The smallest absolute Gasteiger partial charge is 0.226 e. The normalized spacial score (nSPS) is 12.8. The maximum Gasteiger partial charge on any atom is 0.226 e. The van der Waals surface area contributed by atoms with E-state index in [1.807, 2.05) is 0 Å². The summed E-state index contributed by atoms with van der Waals surface area (Å²) in [5, 5.41) is 7.82. The van der Waals surface area contributed by atoms with Crippen LogP contribution in [0.3, 0.4) is 0 Å². The van der Waals surface area contributed by atoms with Crippen LogP contribution < -0.4 is 4.90 Å². The highest BCUT2D eigenvalue weighted by atomic mass is 35.5. The number of ether oxygens (including phenoxy) is 2. The summed E-state index contributed by atoms with van der Waals surface area (Å²) in [6, 6.07) is 0.124. The molecule has 7 nitrogen and oxygen atoms in total. The molecule has 0 aromatic carbocycles. The Balaban J connectivity index is 2.40. The van der Waals surface area contributed by atoms with Gasteiger partial charge in [0.05, 0.1) is 30.8 Å². The Kier molecular flexibility index (Phi) is 5.11. The second kappa shape index (κ2) is 6.83. The van der Waals surface area contributed by atoms with Gasteiger partial charge < -0.3 is 14.4 Å². The van der Waals surface area contributed by atoms with Gasteiger partial charge in [-0.2, -0.15) is 15.1 Å². The van der Waals surface area contributed by atoms with Crippen LogP contribution in [0.5, 0.6) is 0 Å². The molecule has 1 unspecified atom stereocenters. The predicted octanol–water partition coefficient (Wildman–Crippen LogP) is 1.49. The van der Waals surface area contributed by atoms with Crippen LogP contribution in [-0.4, -0.2) is 60.2 Å². The lowest BCUT2D eigenvalue weighted by atomic mass is 10.2. The van der Waals surface area contributed by atoms with Crippen LogP contribution in [0.25, 0.3) is 11.0 Å². The summed E-state index contributed by atoms with van der Waals surface area (Å²) in [7, 11) is 3.34. The summed E-state index contributed by atoms with van der Waals surface area (Å²) in [4.78, 5) is 10.5. The fourth-order valence-electron chi connectivity index (χ4n) is 2.07. The minimum absolute atomic E-state index is 0.124. The average Bonchev–Trinajstić information content (AvgIpc) is 2.87. The van der Waals surface area contributed by atoms with Crippen LogP contribution in [0.4, 0.5) is 5.82 Å². The van der Waals surface area contributed by atoms with Gasteiger partial charge in [0.2, 0.25) is 5.28 Å². The molecule has 0 fully saturated rings. The standard InChI is InChI=1S/C12H18ClN5O2/c1-8(7-20-3)18(4-5-19-2)11-9-6-14-17-10(9)15-12(13)16-11/h6,8H,4-5,7H2,1-3H3,(H,14,15,16,17). The van der Waals surface area contributed by atoms with Gasteiger partial charge in [-0.25, -0.2) is 0 Å². The van der Waals surface area contributed by atoms with Gasteiger partial charge in [0.25, 0.3) is 0 Å². The predicted molar refractivity (Wildman–Crippen MR) is 77.3 cm³/mol. The molecule has 0 aliphatic carbocycles. The van der Waals surface area contributed by atoms with Crippen molar-refractivity contribution in [1.29, 1.82) is 0 Å². The van der Waals surface area contributed by atoms with E-state index in [4.69, 9.17) is 21.1 Å². The number of fused-ring (bicyclic) bond motifs is 1. The van der Waals surface area contributed by atoms with Gasteiger partial charge in [0, 0.05) is 20.8 Å². The SMILES string of the molecule is COCCN(c1nc(Cl)nc2[nH]ncc12)C(C)COC. The van der Waals surface area contributed by atoms with Gasteiger partial charge in [-0.1, -0.05) is 0 Å². The van der Waals surface area contributed by atoms with E-state index in [0.717, 1.165) is 11.2 Å². The number of aromatic nitrogens is 4. The Hall–Kier alpha value is -1.44. The second-order valence-electron chi connectivity index (χ2n) is 4.44. The number of hydrogen-bond donors (Lipinski definition) is 1. The Bertz CT molecular complexity index is 562. The van der Waals surface area contributed by atoms with Crippen molar-refractivity contribution in [3.05, 3.63) is 11.5 Å². The summed E-state index contributed by atoms with van der Waals surface area (Å²) < 4.78 is 10.4. The second-order valence-corrected chi connectivity index (χ2v) is 4.78. The van der Waals surface area contributed by atoms with Crippen molar-refractivity contribution in [2.75, 3.05) is 38.9 Å². The molecule has 0 spiro atoms. The lowest BCUT2D eigenvalue weighted by Crippen LogP contribution is -2.39. The van der Waals surface area contributed by atoms with Crippen molar-refractivity contribution in [1.82, 2.24) is 20.2 Å². The fraction of sp³-hybridized carbons (Fsp3) is 0.583. The zero-order valence-corrected chi connectivity index (χ0v) is 12.5. The fourth-order valence-corrected chi connectivity index (χ4v) is 2.23. The molecule has 0 saturated heterocycles. The number of halogens is 1. The molecule has 8 heteroatoms. The van der Waals surface area contributed by atoms with Crippen LogP contribution in [0.15, 0.2) is 6.20 Å². The first kappa shape index (κ1) is 15.0. The van der Waals surface area contributed by atoms with Gasteiger partial charge in [0.1, 0.15) is 5.82 Å². The Morgan fingerprint density at radius 2 is 2.15 bits per heavy atom. The third-order valence-corrected chi connectivity index (χ3v) is 3.18. The van der Waals surface area contributed by atoms with Crippen LogP contribution in [0, 0.1) is 0 Å². The highest BCUT2D eigenvalue weighted by molar-refractivity contribution is 6.28. The van der Waals surface area contributed by atoms with Crippen molar-refractivity contribution < 1.29 is 9.47 Å². The molecule has 0 aliphatic rings. The van der Waals surface area contributed by atoms with Crippen LogP contribution in [0.2, 0.25) is 5.28 Å². The Morgan fingerprint density at radius 3 is 2.85 bits per heavy atom. The molecule has 1 N–H and O–H groups in total. The number of H-pyrrole nitrogens is 1. The number of nitrogens with one attached hydrogen (secondary N) is 1. The summed E-state index contributed by atoms with van der Waals surface area (Å²) in [5.41, 5.74) is 0.618. The highest BCUT2D eigenvalue weighted by Crippen LogP contribution is 2.25. The largest absolute Gasteiger partial charge is 0.383 e. The van der Waals surface area contributed by atoms with E-state index in [1.54, 1.807) is 20.4 Å². The summed E-state index contributed by atoms with van der Waals surface area (Å²) in [6.07, 6.45) is 1.69. The molecule has 0 radical (unpaired) electrons. The third-order valence-electron chi connectivity index (χ3n) is 3.01. The lowest BCUT2D eigenvalue weighted by molar-refractivity contribution is 0.170. The number of hydrogen-bond acceptors (Lipinski definition) is 6. The molecule has 0 aliphatic heterocycles. The number of anilines is 1. The monoisotopic (exact) mass is 299 g/mol. The first-order valence-electron chi connectivity index (χ1n) is 6.28. The Labute approximate surface area is 122 Å². The molecular formula is C12H18ClN5O2. The van der Waals surface area contributed by atoms with Crippen LogP contribution in [-0.2, 0) is 9.47 Å². The van der Waals surface area contributed by atoms with E-state index in [2.05, 4.69) is 32.0 Å². The van der Waals surface area contributed by atoms with E-state index in [9.17, 15) is 0 Å². The molecule has 110 valence electrons. The maximum absolute atomic E-state index is 5.98. The third kappa shape index (κ3) is 3.17. The molecule has 2 aromatic heterocycles. The number of aromatic amines is 1. The zero-order valence-electron chi connectivity index (χ0n) is 11.8. The van der Waals surface area contributed by atoms with E-state index in [0.29, 0.717) is 25.4 Å². The van der Waals surface area contributed by atoms with Gasteiger partial charge in [-0.15, -0.1) is 0 Å². The number of methoxy groups -OCH3 is 2. The summed E-state index contributed by atoms with van der Waals surface area (Å²) in [5.74, 6) is 0.732. The van der Waals surface area contributed by atoms with Crippen molar-refractivity contribution in [2.24, 2.45) is 0 Å². The average molecular weight is 300 g/mol. The van der Waals surface area contributed by atoms with Gasteiger partial charge in [-0.3, -0.25) is 5.10 Å². The molecule has 2 rings (SSSR count). The van der Waals surface area contributed by atoms with Crippen LogP contribution >= 0.6 is 11.6 Å². The van der Waals surface area contributed by atoms with E-state index >= 15 is 0 Å². The molecule has 2 aromatic rings. The van der Waals surface area contributed by atoms with E-state index < -0.39 is 0 Å². The number of rotatable bonds is 7. The highest BCUT2D eigenvalue weighted by Gasteiger charge is 2.20. The first-order valence-corrected chi connectivity index (χ1v) is 6.66. The minimum Gasteiger partial charge on any atom is -0.383 e. The van der Waals surface area contributed by atoms with Crippen molar-refractivity contribution in [3.63, 3.8) is 0 Å². The Morgan fingerprint density at radius 1 is 1.35 bits per heavy atom. The lowest BCUT2D eigenvalue weighted by Gasteiger charge is -2.30. The molecule has 1 atom stereocenters. The first-order chi connectivity index (χ1) is 9.67. The molecule has 20 heavy (non-hydrogen) atoms. The number of nitrogens with zero attached hydrogens (tertiary/aromatic N) is 4. The molecular weight excluding hydrogens is 282 g/mol.